The van der Waals surface area contributed by atoms with Crippen LogP contribution in [0.4, 0.5) is 0 Å². The van der Waals surface area contributed by atoms with Crippen LogP contribution < -0.4 is 4.74 Å². The van der Waals surface area contributed by atoms with Crippen molar-refractivity contribution in [3.05, 3.63) is 16.6 Å². The van der Waals surface area contributed by atoms with Gasteiger partial charge in [0.15, 0.2) is 16.1 Å². The molecule has 2 aromatic rings. The van der Waals surface area contributed by atoms with Crippen LogP contribution in [0.1, 0.15) is 6.92 Å². The van der Waals surface area contributed by atoms with E-state index in [0.29, 0.717) is 18.1 Å². The molecule has 0 amide bonds. The molecule has 2 rings (SSSR count). The highest BCUT2D eigenvalue weighted by molar-refractivity contribution is 6.36. The van der Waals surface area contributed by atoms with Gasteiger partial charge in [-0.25, -0.2) is 0 Å². The molecule has 0 unspecified atom stereocenters. The average Bonchev–Trinajstić information content (AvgIpc) is 2.60. The van der Waals surface area contributed by atoms with Crippen LogP contribution in [0.3, 0.4) is 0 Å². The van der Waals surface area contributed by atoms with Gasteiger partial charge in [0.2, 0.25) is 0 Å². The van der Waals surface area contributed by atoms with E-state index in [0.717, 1.165) is 0 Å². The van der Waals surface area contributed by atoms with Crippen molar-refractivity contribution in [1.82, 2.24) is 19.6 Å². The van der Waals surface area contributed by atoms with Gasteiger partial charge in [0.1, 0.15) is 6.33 Å². The molecule has 0 bridgehead atoms. The quantitative estimate of drug-likeness (QED) is 0.742. The molecule has 7 heteroatoms. The van der Waals surface area contributed by atoms with Crippen LogP contribution in [0.15, 0.2) is 6.33 Å². The second-order valence-electron chi connectivity index (χ2n) is 2.43. The number of hydrogen-bond acceptors (Lipinski definition) is 4. The standard InChI is InChI=1S/C7H6Cl2N4O/c1-2-14-4-5(8)12-7-10-3-11-13(7)6(4)9/h3H,2H2,1H3. The van der Waals surface area contributed by atoms with Crippen molar-refractivity contribution in [2.75, 3.05) is 6.61 Å². The summed E-state index contributed by atoms with van der Waals surface area (Å²) in [5.74, 6) is 0.678. The summed E-state index contributed by atoms with van der Waals surface area (Å²) >= 11 is 11.8. The van der Waals surface area contributed by atoms with Crippen LogP contribution in [0.5, 0.6) is 5.75 Å². The molecular formula is C7H6Cl2N4O. The van der Waals surface area contributed by atoms with Gasteiger partial charge in [-0.3, -0.25) is 0 Å². The van der Waals surface area contributed by atoms with E-state index in [1.165, 1.54) is 10.8 Å². The van der Waals surface area contributed by atoms with Crippen LogP contribution >= 0.6 is 23.2 Å². The van der Waals surface area contributed by atoms with Crippen molar-refractivity contribution in [2.45, 2.75) is 6.92 Å². The van der Waals surface area contributed by atoms with E-state index in [1.807, 2.05) is 6.92 Å². The Morgan fingerprint density at radius 1 is 1.50 bits per heavy atom. The van der Waals surface area contributed by atoms with Crippen LogP contribution in [-0.4, -0.2) is 26.2 Å². The van der Waals surface area contributed by atoms with E-state index in [1.54, 1.807) is 0 Å². The zero-order valence-electron chi connectivity index (χ0n) is 7.24. The first-order valence-electron chi connectivity index (χ1n) is 3.91. The summed E-state index contributed by atoms with van der Waals surface area (Å²) in [5.41, 5.74) is 0. The molecule has 2 aromatic heterocycles. The van der Waals surface area contributed by atoms with E-state index in [4.69, 9.17) is 27.9 Å². The molecule has 0 aliphatic heterocycles. The van der Waals surface area contributed by atoms with Gasteiger partial charge < -0.3 is 4.74 Å². The number of ether oxygens (including phenoxy) is 1. The fourth-order valence-electron chi connectivity index (χ4n) is 1.03. The van der Waals surface area contributed by atoms with E-state index in [2.05, 4.69) is 15.1 Å². The lowest BCUT2D eigenvalue weighted by Crippen LogP contribution is -2.00. The van der Waals surface area contributed by atoms with Crippen LogP contribution in [0, 0.1) is 0 Å². The van der Waals surface area contributed by atoms with E-state index in [9.17, 15) is 0 Å². The number of hydrogen-bond donors (Lipinski definition) is 0. The Morgan fingerprint density at radius 3 is 3.00 bits per heavy atom. The fourth-order valence-corrected chi connectivity index (χ4v) is 1.56. The fraction of sp³-hybridized carbons (Fsp3) is 0.286. The molecule has 0 saturated heterocycles. The Morgan fingerprint density at radius 2 is 2.29 bits per heavy atom. The summed E-state index contributed by atoms with van der Waals surface area (Å²) in [6.07, 6.45) is 1.35. The lowest BCUT2D eigenvalue weighted by atomic mass is 10.6. The number of nitrogens with zero attached hydrogens (tertiary/aromatic N) is 4. The second kappa shape index (κ2) is 3.59. The monoisotopic (exact) mass is 232 g/mol. The summed E-state index contributed by atoms with van der Waals surface area (Å²) in [7, 11) is 0. The highest BCUT2D eigenvalue weighted by Crippen LogP contribution is 2.30. The topological polar surface area (TPSA) is 52.3 Å². The zero-order valence-corrected chi connectivity index (χ0v) is 8.75. The molecule has 0 fully saturated rings. The van der Waals surface area contributed by atoms with Crippen molar-refractivity contribution in [3.8, 4) is 5.75 Å². The first-order chi connectivity index (χ1) is 6.74. The maximum absolute atomic E-state index is 5.98. The summed E-state index contributed by atoms with van der Waals surface area (Å²) in [5, 5.41) is 4.34. The summed E-state index contributed by atoms with van der Waals surface area (Å²) in [6, 6.07) is 0. The van der Waals surface area contributed by atoms with Gasteiger partial charge in [-0.05, 0) is 6.92 Å². The Balaban J connectivity index is 2.69. The van der Waals surface area contributed by atoms with E-state index < -0.39 is 0 Å². The van der Waals surface area contributed by atoms with Crippen molar-refractivity contribution < 1.29 is 4.74 Å². The number of aromatic nitrogens is 4. The van der Waals surface area contributed by atoms with Gasteiger partial charge >= 0.3 is 0 Å². The highest BCUT2D eigenvalue weighted by Gasteiger charge is 2.14. The molecule has 2 heterocycles. The molecule has 14 heavy (non-hydrogen) atoms. The van der Waals surface area contributed by atoms with Crippen molar-refractivity contribution in [2.24, 2.45) is 0 Å². The zero-order chi connectivity index (χ0) is 10.1. The van der Waals surface area contributed by atoms with Gasteiger partial charge in [-0.15, -0.1) is 0 Å². The largest absolute Gasteiger partial charge is 0.488 e. The van der Waals surface area contributed by atoms with Crippen LogP contribution in [0.25, 0.3) is 5.78 Å². The molecule has 0 saturated carbocycles. The minimum absolute atomic E-state index is 0.192. The molecule has 0 N–H and O–H groups in total. The Kier molecular flexibility index (Phi) is 2.43. The Labute approximate surface area is 89.6 Å². The minimum atomic E-state index is 0.192. The van der Waals surface area contributed by atoms with Gasteiger partial charge in [-0.2, -0.15) is 19.6 Å². The summed E-state index contributed by atoms with van der Waals surface area (Å²) in [6.45, 7) is 2.29. The third kappa shape index (κ3) is 1.38. The molecule has 0 atom stereocenters. The lowest BCUT2D eigenvalue weighted by molar-refractivity contribution is 0.337. The molecule has 74 valence electrons. The molecular weight excluding hydrogens is 227 g/mol. The van der Waals surface area contributed by atoms with Crippen molar-refractivity contribution in [1.29, 1.82) is 0 Å². The normalized spacial score (nSPS) is 10.8. The Hall–Kier alpha value is -1.07. The highest BCUT2D eigenvalue weighted by atomic mass is 35.5. The van der Waals surface area contributed by atoms with Gasteiger partial charge in [0.25, 0.3) is 5.78 Å². The lowest BCUT2D eigenvalue weighted by Gasteiger charge is -2.06. The predicted molar refractivity (Wildman–Crippen MR) is 52.0 cm³/mol. The third-order valence-corrected chi connectivity index (χ3v) is 2.17. The minimum Gasteiger partial charge on any atom is -0.488 e. The smallest absolute Gasteiger partial charge is 0.255 e. The first kappa shape index (κ1) is 9.48. The van der Waals surface area contributed by atoms with Gasteiger partial charge in [0.05, 0.1) is 6.61 Å². The predicted octanol–water partition coefficient (Wildman–Crippen LogP) is 1.83. The van der Waals surface area contributed by atoms with Crippen molar-refractivity contribution in [3.63, 3.8) is 0 Å². The number of fused-ring (bicyclic) bond motifs is 1. The maximum atomic E-state index is 5.98. The molecule has 0 radical (unpaired) electrons. The van der Waals surface area contributed by atoms with E-state index in [-0.39, 0.29) is 10.3 Å². The molecule has 5 nitrogen and oxygen atoms in total. The van der Waals surface area contributed by atoms with Gasteiger partial charge in [-0.1, -0.05) is 23.2 Å². The molecule has 0 aliphatic rings. The van der Waals surface area contributed by atoms with Gasteiger partial charge in [0, 0.05) is 0 Å². The van der Waals surface area contributed by atoms with Crippen molar-refractivity contribution >= 4 is 29.0 Å². The molecule has 0 spiro atoms. The summed E-state index contributed by atoms with van der Waals surface area (Å²) < 4.78 is 6.59. The maximum Gasteiger partial charge on any atom is 0.255 e. The molecule has 0 aromatic carbocycles. The summed E-state index contributed by atoms with van der Waals surface area (Å²) in [4.78, 5) is 7.82. The molecule has 0 aliphatic carbocycles. The number of halogens is 2. The average molecular weight is 233 g/mol. The second-order valence-corrected chi connectivity index (χ2v) is 3.14. The number of rotatable bonds is 2. The Bertz CT molecular complexity index is 470. The van der Waals surface area contributed by atoms with E-state index >= 15 is 0 Å². The third-order valence-electron chi connectivity index (χ3n) is 1.58. The van der Waals surface area contributed by atoms with Crippen LogP contribution in [0.2, 0.25) is 10.3 Å². The SMILES string of the molecule is CCOc1c(Cl)nc2ncnn2c1Cl. The first-order valence-corrected chi connectivity index (χ1v) is 4.67. The van der Waals surface area contributed by atoms with Crippen LogP contribution in [-0.2, 0) is 0 Å².